The smallest absolute Gasteiger partial charge is 0.246 e. The van der Waals surface area contributed by atoms with Crippen LogP contribution in [0, 0.1) is 17.5 Å². The highest BCUT2D eigenvalue weighted by Gasteiger charge is 2.26. The molecule has 0 atom stereocenters. The molecule has 0 spiro atoms. The van der Waals surface area contributed by atoms with Crippen LogP contribution in [0.15, 0.2) is 37.2 Å². The zero-order valence-corrected chi connectivity index (χ0v) is 16.8. The summed E-state index contributed by atoms with van der Waals surface area (Å²) in [5, 5.41) is 10.1. The van der Waals surface area contributed by atoms with Crippen LogP contribution in [-0.4, -0.2) is 52.1 Å². The molecule has 31 heavy (non-hydrogen) atoms. The summed E-state index contributed by atoms with van der Waals surface area (Å²) in [4.78, 5) is 23.5. The molecule has 0 bridgehead atoms. The molecule has 0 aliphatic carbocycles. The second-order valence-corrected chi connectivity index (χ2v) is 7.35. The maximum absolute atomic E-state index is 15.4. The number of piperazine rings is 1. The van der Waals surface area contributed by atoms with Crippen LogP contribution in [0.5, 0.6) is 5.75 Å². The second-order valence-electron chi connectivity index (χ2n) is 6.94. The van der Waals surface area contributed by atoms with Crippen molar-refractivity contribution in [3.8, 4) is 16.9 Å². The summed E-state index contributed by atoms with van der Waals surface area (Å²) < 4.78 is 43.1. The van der Waals surface area contributed by atoms with Crippen LogP contribution in [0.3, 0.4) is 0 Å². The first-order chi connectivity index (χ1) is 14.8. The van der Waals surface area contributed by atoms with Crippen molar-refractivity contribution in [3.63, 3.8) is 0 Å². The molecule has 1 amide bonds. The van der Waals surface area contributed by atoms with Gasteiger partial charge in [-0.25, -0.2) is 23.1 Å². The largest absolute Gasteiger partial charge is 0.507 e. The molecule has 1 aromatic heterocycles. The summed E-state index contributed by atoms with van der Waals surface area (Å²) in [7, 11) is 0. The van der Waals surface area contributed by atoms with Gasteiger partial charge < -0.3 is 14.9 Å². The van der Waals surface area contributed by atoms with Gasteiger partial charge in [-0.1, -0.05) is 18.2 Å². The van der Waals surface area contributed by atoms with Crippen molar-refractivity contribution in [2.24, 2.45) is 0 Å². The van der Waals surface area contributed by atoms with E-state index < -0.39 is 34.3 Å². The third kappa shape index (κ3) is 3.65. The number of halogens is 4. The number of carbonyl (C=O) groups is 1. The summed E-state index contributed by atoms with van der Waals surface area (Å²) >= 11 is 6.27. The number of hydrogen-bond acceptors (Lipinski definition) is 5. The Bertz CT molecular complexity index is 1190. The number of aromatic hydroxyl groups is 1. The van der Waals surface area contributed by atoms with Gasteiger partial charge in [0.15, 0.2) is 5.82 Å². The highest BCUT2D eigenvalue weighted by atomic mass is 35.5. The van der Waals surface area contributed by atoms with Gasteiger partial charge in [-0.05, 0) is 12.1 Å². The lowest BCUT2D eigenvalue weighted by Crippen LogP contribution is -2.48. The fourth-order valence-corrected chi connectivity index (χ4v) is 3.96. The van der Waals surface area contributed by atoms with Crippen molar-refractivity contribution >= 4 is 34.2 Å². The van der Waals surface area contributed by atoms with E-state index in [2.05, 4.69) is 16.5 Å². The molecule has 2 heterocycles. The van der Waals surface area contributed by atoms with Crippen LogP contribution in [0.1, 0.15) is 0 Å². The number of hydrogen-bond donors (Lipinski definition) is 1. The van der Waals surface area contributed by atoms with Crippen LogP contribution >= 0.6 is 11.6 Å². The number of benzene rings is 2. The Morgan fingerprint density at radius 1 is 1.10 bits per heavy atom. The molecule has 10 heteroatoms. The van der Waals surface area contributed by atoms with Crippen LogP contribution in [0.25, 0.3) is 22.0 Å². The number of nitrogens with zero attached hydrogens (tertiary/aromatic N) is 4. The van der Waals surface area contributed by atoms with Crippen LogP contribution in [-0.2, 0) is 4.79 Å². The van der Waals surface area contributed by atoms with E-state index in [4.69, 9.17) is 11.6 Å². The van der Waals surface area contributed by atoms with Crippen molar-refractivity contribution in [1.29, 1.82) is 0 Å². The predicted molar refractivity (Wildman–Crippen MR) is 111 cm³/mol. The molecule has 160 valence electrons. The second kappa shape index (κ2) is 8.07. The SMILES string of the molecule is C=CC(=O)N1CCN(c2ncnc3c(F)c(-c4c(O)cc(F)cc4F)c(Cl)cc23)CC1. The minimum absolute atomic E-state index is 0.128. The number of aromatic nitrogens is 2. The van der Waals surface area contributed by atoms with E-state index in [1.807, 2.05) is 4.90 Å². The number of anilines is 1. The Balaban J connectivity index is 1.80. The van der Waals surface area contributed by atoms with Crippen molar-refractivity contribution in [2.45, 2.75) is 0 Å². The molecule has 4 rings (SSSR count). The van der Waals surface area contributed by atoms with E-state index in [1.165, 1.54) is 18.5 Å². The normalized spacial score (nSPS) is 14.2. The fourth-order valence-electron chi connectivity index (χ4n) is 3.67. The first-order valence-corrected chi connectivity index (χ1v) is 9.67. The van der Waals surface area contributed by atoms with E-state index in [0.29, 0.717) is 49.5 Å². The van der Waals surface area contributed by atoms with Gasteiger partial charge in [-0.15, -0.1) is 0 Å². The summed E-state index contributed by atoms with van der Waals surface area (Å²) in [5.41, 5.74) is -1.10. The zero-order chi connectivity index (χ0) is 22.3. The molecule has 0 radical (unpaired) electrons. The minimum atomic E-state index is -1.16. The number of carbonyl (C=O) groups excluding carboxylic acids is 1. The first-order valence-electron chi connectivity index (χ1n) is 9.29. The highest BCUT2D eigenvalue weighted by Crippen LogP contribution is 2.42. The van der Waals surface area contributed by atoms with E-state index in [9.17, 15) is 18.7 Å². The highest BCUT2D eigenvalue weighted by molar-refractivity contribution is 6.34. The van der Waals surface area contributed by atoms with Crippen molar-refractivity contribution < 1.29 is 23.1 Å². The van der Waals surface area contributed by atoms with Gasteiger partial charge in [0.2, 0.25) is 5.91 Å². The molecule has 3 aromatic rings. The Morgan fingerprint density at radius 3 is 2.45 bits per heavy atom. The maximum Gasteiger partial charge on any atom is 0.246 e. The molecule has 0 unspecified atom stereocenters. The molecule has 1 saturated heterocycles. The monoisotopic (exact) mass is 448 g/mol. The molecule has 1 aliphatic rings. The van der Waals surface area contributed by atoms with Crippen molar-refractivity contribution in [1.82, 2.24) is 14.9 Å². The minimum Gasteiger partial charge on any atom is -0.507 e. The van der Waals surface area contributed by atoms with Crippen LogP contribution in [0.2, 0.25) is 5.02 Å². The summed E-state index contributed by atoms with van der Waals surface area (Å²) in [6.45, 7) is 5.23. The number of rotatable bonds is 3. The molecule has 2 aromatic carbocycles. The lowest BCUT2D eigenvalue weighted by atomic mass is 10.0. The first kappa shape index (κ1) is 20.9. The zero-order valence-electron chi connectivity index (χ0n) is 16.1. The number of fused-ring (bicyclic) bond motifs is 1. The van der Waals surface area contributed by atoms with Gasteiger partial charge in [-0.2, -0.15) is 0 Å². The Labute approximate surface area is 180 Å². The molecule has 6 nitrogen and oxygen atoms in total. The Hall–Kier alpha value is -3.33. The van der Waals surface area contributed by atoms with E-state index in [-0.39, 0.29) is 16.4 Å². The molecule has 1 aliphatic heterocycles. The third-order valence-corrected chi connectivity index (χ3v) is 5.45. The molecule has 1 N–H and O–H groups in total. The standard InChI is InChI=1S/C21H16ClF3N4O2/c1-2-16(31)28-3-5-29(6-4-28)21-12-9-13(22)17(19(25)20(12)26-10-27-21)18-14(24)7-11(23)8-15(18)30/h2,7-10,30H,1,3-6H2. The summed E-state index contributed by atoms with van der Waals surface area (Å²) in [6, 6.07) is 2.59. The quantitative estimate of drug-likeness (QED) is 0.615. The van der Waals surface area contributed by atoms with Gasteiger partial charge in [0, 0.05) is 49.3 Å². The van der Waals surface area contributed by atoms with E-state index in [1.54, 1.807) is 4.90 Å². The molecular weight excluding hydrogens is 433 g/mol. The van der Waals surface area contributed by atoms with Crippen LogP contribution < -0.4 is 4.90 Å². The third-order valence-electron chi connectivity index (χ3n) is 5.15. The number of amides is 1. The van der Waals surface area contributed by atoms with Gasteiger partial charge in [0.05, 0.1) is 10.6 Å². The fraction of sp³-hybridized carbons (Fsp3) is 0.190. The Kier molecular flexibility index (Phi) is 5.45. The van der Waals surface area contributed by atoms with Gasteiger partial charge in [-0.3, -0.25) is 4.79 Å². The summed E-state index contributed by atoms with van der Waals surface area (Å²) in [5.74, 6) is -3.68. The van der Waals surface area contributed by atoms with Crippen LogP contribution in [0.4, 0.5) is 19.0 Å². The molecule has 0 saturated carbocycles. The van der Waals surface area contributed by atoms with Crippen molar-refractivity contribution in [3.05, 3.63) is 59.7 Å². The van der Waals surface area contributed by atoms with Gasteiger partial charge >= 0.3 is 0 Å². The average molecular weight is 449 g/mol. The summed E-state index contributed by atoms with van der Waals surface area (Å²) in [6.07, 6.45) is 2.41. The maximum atomic E-state index is 15.4. The lowest BCUT2D eigenvalue weighted by molar-refractivity contribution is -0.126. The predicted octanol–water partition coefficient (Wildman–Crippen LogP) is 3.91. The van der Waals surface area contributed by atoms with Gasteiger partial charge in [0.25, 0.3) is 0 Å². The Morgan fingerprint density at radius 2 is 1.81 bits per heavy atom. The van der Waals surface area contributed by atoms with E-state index in [0.717, 1.165) is 0 Å². The topological polar surface area (TPSA) is 69.6 Å². The number of phenols is 1. The molecular formula is C21H16ClF3N4O2. The van der Waals surface area contributed by atoms with Crippen molar-refractivity contribution in [2.75, 3.05) is 31.1 Å². The molecule has 1 fully saturated rings. The van der Waals surface area contributed by atoms with E-state index >= 15 is 4.39 Å². The lowest BCUT2D eigenvalue weighted by Gasteiger charge is -2.35. The van der Waals surface area contributed by atoms with Gasteiger partial charge in [0.1, 0.15) is 35.0 Å². The average Bonchev–Trinajstić information content (AvgIpc) is 2.74. The number of phenolic OH excluding ortho intramolecular Hbond substituents is 1.